The minimum absolute atomic E-state index is 0.174. The zero-order valence-corrected chi connectivity index (χ0v) is 15.6. The van der Waals surface area contributed by atoms with Gasteiger partial charge in [0.25, 0.3) is 5.91 Å². The number of carbonyl (C=O) groups excluding carboxylic acids is 1. The molecule has 0 saturated carbocycles. The van der Waals surface area contributed by atoms with Gasteiger partial charge in [-0.25, -0.2) is 8.42 Å². The smallest absolute Gasteiger partial charge is 0.406 e. The van der Waals surface area contributed by atoms with Gasteiger partial charge in [0.05, 0.1) is 10.9 Å². The Morgan fingerprint density at radius 2 is 1.56 bits per heavy atom. The molecule has 0 aliphatic heterocycles. The normalized spacial score (nSPS) is 13.1. The molecule has 0 saturated heterocycles. The third kappa shape index (κ3) is 5.46. The zero-order valence-electron chi connectivity index (χ0n) is 14.8. The van der Waals surface area contributed by atoms with Gasteiger partial charge in [-0.3, -0.25) is 4.79 Å². The summed E-state index contributed by atoms with van der Waals surface area (Å²) in [4.78, 5) is 14.1. The number of ether oxygens (including phenoxy) is 1. The molecule has 2 aromatic carbocycles. The lowest BCUT2D eigenvalue weighted by Crippen LogP contribution is -2.29. The largest absolute Gasteiger partial charge is 0.573 e. The van der Waals surface area contributed by atoms with Crippen molar-refractivity contribution < 1.29 is 31.1 Å². The van der Waals surface area contributed by atoms with Crippen LogP contribution in [-0.2, 0) is 9.84 Å². The van der Waals surface area contributed by atoms with E-state index in [1.807, 2.05) is 0 Å². The number of halogens is 3. The molecule has 0 N–H and O–H groups in total. The number of amides is 1. The highest BCUT2D eigenvalue weighted by Crippen LogP contribution is 2.25. The monoisotopic (exact) mass is 401 g/mol. The number of alkyl halides is 3. The lowest BCUT2D eigenvalue weighted by atomic mass is 10.1. The average Bonchev–Trinajstić information content (AvgIpc) is 2.58. The number of hydrogen-bond acceptors (Lipinski definition) is 4. The molecule has 2 rings (SSSR count). The van der Waals surface area contributed by atoms with Crippen molar-refractivity contribution in [1.29, 1.82) is 0 Å². The molecule has 0 spiro atoms. The number of sulfone groups is 1. The molecule has 0 radical (unpaired) electrons. The van der Waals surface area contributed by atoms with Gasteiger partial charge in [-0.05, 0) is 48.9 Å². The molecule has 146 valence electrons. The summed E-state index contributed by atoms with van der Waals surface area (Å²) in [6, 6.07) is 10.4. The van der Waals surface area contributed by atoms with Gasteiger partial charge in [-0.15, -0.1) is 13.2 Å². The summed E-state index contributed by atoms with van der Waals surface area (Å²) in [5, 5.41) is 0. The van der Waals surface area contributed by atoms with Gasteiger partial charge in [-0.2, -0.15) is 0 Å². The Morgan fingerprint density at radius 3 is 2.00 bits per heavy atom. The van der Waals surface area contributed by atoms with Gasteiger partial charge in [0.15, 0.2) is 9.84 Å². The zero-order chi connectivity index (χ0) is 20.4. The molecule has 1 amide bonds. The first-order chi connectivity index (χ1) is 12.4. The Labute approximate surface area is 155 Å². The molecular formula is C18H18F3NO4S. The van der Waals surface area contributed by atoms with Crippen LogP contribution in [-0.4, -0.2) is 38.9 Å². The van der Waals surface area contributed by atoms with E-state index in [0.29, 0.717) is 0 Å². The van der Waals surface area contributed by atoms with E-state index in [1.54, 1.807) is 26.1 Å². The minimum atomic E-state index is -4.80. The maximum absolute atomic E-state index is 12.5. The fourth-order valence-electron chi connectivity index (χ4n) is 2.40. The number of nitrogens with zero attached hydrogens (tertiary/aromatic N) is 1. The van der Waals surface area contributed by atoms with Crippen LogP contribution in [0.5, 0.6) is 5.75 Å². The van der Waals surface area contributed by atoms with Gasteiger partial charge in [-0.1, -0.05) is 12.1 Å². The fourth-order valence-corrected chi connectivity index (χ4v) is 3.03. The number of rotatable bonds is 5. The standard InChI is InChI=1S/C18H18F3NO4S/c1-12(13-6-10-16(11-7-13)27(3,24)25)22(2)17(23)14-4-8-15(9-5-14)26-18(19,20)21/h4-12H,1-3H3/t12-/m0/s1. The second-order valence-electron chi connectivity index (χ2n) is 6.01. The van der Waals surface area contributed by atoms with Crippen molar-refractivity contribution in [3.63, 3.8) is 0 Å². The number of carbonyl (C=O) groups is 1. The Balaban J connectivity index is 2.14. The molecule has 0 aliphatic carbocycles. The summed E-state index contributed by atoms with van der Waals surface area (Å²) in [5.74, 6) is -0.806. The van der Waals surface area contributed by atoms with E-state index in [0.717, 1.165) is 24.0 Å². The first kappa shape index (κ1) is 20.8. The van der Waals surface area contributed by atoms with E-state index in [2.05, 4.69) is 4.74 Å². The van der Waals surface area contributed by atoms with Crippen molar-refractivity contribution in [3.8, 4) is 5.75 Å². The van der Waals surface area contributed by atoms with Crippen molar-refractivity contribution >= 4 is 15.7 Å². The second-order valence-corrected chi connectivity index (χ2v) is 8.02. The molecule has 5 nitrogen and oxygen atoms in total. The van der Waals surface area contributed by atoms with Crippen molar-refractivity contribution in [1.82, 2.24) is 4.90 Å². The Kier molecular flexibility index (Phi) is 5.84. The van der Waals surface area contributed by atoms with Gasteiger partial charge >= 0.3 is 6.36 Å². The summed E-state index contributed by atoms with van der Waals surface area (Å²) in [6.07, 6.45) is -3.69. The van der Waals surface area contributed by atoms with Crippen molar-refractivity contribution in [3.05, 3.63) is 59.7 Å². The topological polar surface area (TPSA) is 63.7 Å². The Bertz CT molecular complexity index is 907. The van der Waals surface area contributed by atoms with Crippen LogP contribution >= 0.6 is 0 Å². The van der Waals surface area contributed by atoms with E-state index < -0.39 is 27.9 Å². The van der Waals surface area contributed by atoms with Crippen LogP contribution in [0, 0.1) is 0 Å². The predicted molar refractivity (Wildman–Crippen MR) is 93.2 cm³/mol. The lowest BCUT2D eigenvalue weighted by molar-refractivity contribution is -0.274. The van der Waals surface area contributed by atoms with Crippen LogP contribution in [0.25, 0.3) is 0 Å². The molecule has 0 fully saturated rings. The summed E-state index contributed by atoms with van der Waals surface area (Å²) >= 11 is 0. The number of benzene rings is 2. The first-order valence-corrected chi connectivity index (χ1v) is 9.70. The van der Waals surface area contributed by atoms with Crippen molar-refractivity contribution in [2.24, 2.45) is 0 Å². The quantitative estimate of drug-likeness (QED) is 0.764. The highest BCUT2D eigenvalue weighted by molar-refractivity contribution is 7.90. The molecule has 0 aromatic heterocycles. The van der Waals surface area contributed by atoms with Gasteiger partial charge < -0.3 is 9.64 Å². The highest BCUT2D eigenvalue weighted by atomic mass is 32.2. The van der Waals surface area contributed by atoms with E-state index >= 15 is 0 Å². The molecule has 0 bridgehead atoms. The maximum Gasteiger partial charge on any atom is 0.573 e. The molecule has 0 heterocycles. The molecular weight excluding hydrogens is 383 g/mol. The third-order valence-corrected chi connectivity index (χ3v) is 5.16. The third-order valence-electron chi connectivity index (χ3n) is 4.03. The van der Waals surface area contributed by atoms with Crippen LogP contribution in [0.15, 0.2) is 53.4 Å². The van der Waals surface area contributed by atoms with E-state index in [-0.39, 0.29) is 16.5 Å². The van der Waals surface area contributed by atoms with Crippen LogP contribution in [0.2, 0.25) is 0 Å². The van der Waals surface area contributed by atoms with E-state index in [9.17, 15) is 26.4 Å². The van der Waals surface area contributed by atoms with E-state index in [4.69, 9.17) is 0 Å². The van der Waals surface area contributed by atoms with Gasteiger partial charge in [0, 0.05) is 18.9 Å². The van der Waals surface area contributed by atoms with Crippen LogP contribution < -0.4 is 4.74 Å². The molecule has 0 aliphatic rings. The maximum atomic E-state index is 12.5. The molecule has 27 heavy (non-hydrogen) atoms. The average molecular weight is 401 g/mol. The molecule has 9 heteroatoms. The second kappa shape index (κ2) is 7.59. The minimum Gasteiger partial charge on any atom is -0.406 e. The first-order valence-electron chi connectivity index (χ1n) is 7.81. The van der Waals surface area contributed by atoms with Gasteiger partial charge in [0.1, 0.15) is 5.75 Å². The summed E-state index contributed by atoms with van der Waals surface area (Å²) < 4.78 is 63.4. The lowest BCUT2D eigenvalue weighted by Gasteiger charge is -2.25. The van der Waals surface area contributed by atoms with Crippen molar-refractivity contribution in [2.45, 2.75) is 24.2 Å². The number of hydrogen-bond donors (Lipinski definition) is 0. The van der Waals surface area contributed by atoms with Gasteiger partial charge in [0.2, 0.25) is 0 Å². The van der Waals surface area contributed by atoms with Crippen LogP contribution in [0.1, 0.15) is 28.9 Å². The summed E-state index contributed by atoms with van der Waals surface area (Å²) in [7, 11) is -1.76. The highest BCUT2D eigenvalue weighted by Gasteiger charge is 2.31. The van der Waals surface area contributed by atoms with Crippen LogP contribution in [0.4, 0.5) is 13.2 Å². The Hall–Kier alpha value is -2.55. The van der Waals surface area contributed by atoms with Crippen molar-refractivity contribution in [2.75, 3.05) is 13.3 Å². The van der Waals surface area contributed by atoms with E-state index in [1.165, 1.54) is 29.2 Å². The fraction of sp³-hybridized carbons (Fsp3) is 0.278. The molecule has 1 atom stereocenters. The SMILES string of the molecule is C[C@@H](c1ccc(S(C)(=O)=O)cc1)N(C)C(=O)c1ccc(OC(F)(F)F)cc1. The van der Waals surface area contributed by atoms with Crippen LogP contribution in [0.3, 0.4) is 0 Å². The summed E-state index contributed by atoms with van der Waals surface area (Å²) in [6.45, 7) is 1.76. The Morgan fingerprint density at radius 1 is 1.04 bits per heavy atom. The molecule has 0 unspecified atom stereocenters. The predicted octanol–water partition coefficient (Wildman–Crippen LogP) is 3.82. The molecule has 2 aromatic rings. The summed E-state index contributed by atoms with van der Waals surface area (Å²) in [5.41, 5.74) is 0.918.